The second kappa shape index (κ2) is 57.1. The van der Waals surface area contributed by atoms with Crippen LogP contribution in [0.25, 0.3) is 0 Å². The molecule has 852 valence electrons. The maximum absolute atomic E-state index is 11.6. The van der Waals surface area contributed by atoms with Gasteiger partial charge in [0.25, 0.3) is 0 Å². The molecular formula is C119H233N19O7S. The van der Waals surface area contributed by atoms with Crippen molar-refractivity contribution in [1.82, 2.24) is 95.0 Å². The second-order valence-electron chi connectivity index (χ2n) is 54.6. The third kappa shape index (κ3) is 35.5. The van der Waals surface area contributed by atoms with E-state index in [9.17, 15) is 8.42 Å². The number of piperazine rings is 5. The molecule has 23 aliphatic heterocycles. The first-order valence-electron chi connectivity index (χ1n) is 61.9. The monoisotopic (exact) mass is 2070 g/mol. The molecule has 26 fully saturated rings. The highest BCUT2D eigenvalue weighted by Gasteiger charge is 2.51. The van der Waals surface area contributed by atoms with E-state index in [0.717, 1.165) is 230 Å². The van der Waals surface area contributed by atoms with Gasteiger partial charge in [-0.3, -0.25) is 39.2 Å². The Balaban J connectivity index is 0.000000132. The van der Waals surface area contributed by atoms with Crippen molar-refractivity contribution < 1.29 is 32.1 Å². The number of hydrogen-bond donors (Lipinski definition) is 6. The SMILES string of the molecule is CC(C)N1C2CCC1CNC2.CC(C)N1CC2CC(C1)N2.CC(C)N1CC2CNCC1C2.CC(C)N1CCC2(CC1)COC2.CC(C)N1CCC2(CCCC2)C1.CC(C)N1CCC2(CCOCC2)CC1.CC(C)N1CCNC2(CC2)C1.CC(C)N1CCOC2(CC2)C1.CC(C)N1C[C@@H]2C[C@H]1CN2.CC(C)N1C[C@H]2CC[C@@H](C1)O2.CC(C)N1C[C@H]2COC[C@H]2C1.CC(C)N1C[C@H]2C[C@@H]1CN2.CC(C)S(=O)(=O)N1CCCCC1. The Morgan fingerprint density at radius 3 is 1.16 bits per heavy atom. The summed E-state index contributed by atoms with van der Waals surface area (Å²) in [6.45, 7) is 99.5. The van der Waals surface area contributed by atoms with E-state index in [4.69, 9.17) is 23.7 Å². The van der Waals surface area contributed by atoms with E-state index in [1.54, 1.807) is 18.2 Å². The third-order valence-electron chi connectivity index (χ3n) is 39.5. The van der Waals surface area contributed by atoms with Crippen LogP contribution in [0.15, 0.2) is 0 Å². The number of nitrogens with zero attached hydrogens (tertiary/aromatic N) is 13. The molecule has 0 aromatic heterocycles. The number of fused-ring (bicyclic) bond motifs is 13. The minimum Gasteiger partial charge on any atom is -0.381 e. The number of nitrogens with one attached hydrogen (secondary N) is 6. The van der Waals surface area contributed by atoms with Gasteiger partial charge in [0.15, 0.2) is 0 Å². The zero-order valence-electron chi connectivity index (χ0n) is 99.3. The summed E-state index contributed by atoms with van der Waals surface area (Å²) in [7, 11) is -2.97. The predicted octanol–water partition coefficient (Wildman–Crippen LogP) is 14.8. The quantitative estimate of drug-likeness (QED) is 0.0960. The molecule has 23 saturated heterocycles. The topological polar surface area (TPSA) is 195 Å². The molecule has 0 radical (unpaired) electrons. The summed E-state index contributed by atoms with van der Waals surface area (Å²) in [5.41, 5.74) is 2.89. The van der Waals surface area contributed by atoms with Crippen molar-refractivity contribution in [2.24, 2.45) is 34.0 Å². The van der Waals surface area contributed by atoms with Crippen molar-refractivity contribution in [3.05, 3.63) is 0 Å². The van der Waals surface area contributed by atoms with Crippen LogP contribution in [-0.4, -0.2) is 456 Å². The van der Waals surface area contributed by atoms with Gasteiger partial charge in [0.2, 0.25) is 10.0 Å². The smallest absolute Gasteiger partial charge is 0.216 e. The van der Waals surface area contributed by atoms with Gasteiger partial charge in [-0.05, 0) is 384 Å². The maximum Gasteiger partial charge on any atom is 0.216 e. The summed E-state index contributed by atoms with van der Waals surface area (Å²) < 4.78 is 52.5. The average molecular weight is 2070 g/mol. The molecule has 0 aromatic rings. The standard InChI is InChI=1S/C12H23NO.C11H21N.C10H19NO.3C9H18N2.3C9H17NO.3C8H16N2.C8H17NO2S/c1-11(2)13-7-3-12(4-8-13)5-9-14-10-6-12;1-10(2)12-8-7-11(9-12)5-3-4-6-11;1-9(2)11-5-3-10(4-6-11)7-12-8-10;1-7(2)11-6-8-3-9(11)5-10-4-8;1-7(2)11-8-3-4-9(11)6-10-5-8;1-8(2)11-6-5-10-9(7-11)3-4-9;1-7(2)10-3-8-5-11-6-9(8)4-10;1-7(2)10-5-8-3-4-9(6-10)11-8;1-8(2)10-5-6-11-9(7-10)3-4-9;2*1-6(2)10-5-7-3-8(10)4-9-7;1-6(2)10-4-7-3-8(5-10)9-7;1-8(2)12(10,11)9-6-4-3-5-7-9/h11H,3-10H2,1-2H3;10H,3-9H2,1-2H3;9H,3-8H2,1-2H3;2*7-10H,3-6H2,1-2H3;8,10H,3-7H2,1-2H3;2*7-9H,3-6H2,1-2H3;8H,3-7H2,1-2H3;3*6-9H,3-5H2,1-2H3;8H,3-7H2,1-2H3/t;;;;;;2*8-,9+;;2*7-,8-;;/m.........10../s1. The van der Waals surface area contributed by atoms with Crippen LogP contribution >= 0.6 is 0 Å². The highest BCUT2D eigenvalue weighted by Crippen LogP contribution is 2.48. The molecule has 6 unspecified atom stereocenters. The summed E-state index contributed by atoms with van der Waals surface area (Å²) in [5.74, 6) is 2.63. The van der Waals surface area contributed by atoms with Crippen molar-refractivity contribution in [2.45, 2.75) is 502 Å². The van der Waals surface area contributed by atoms with Gasteiger partial charge in [-0.15, -0.1) is 0 Å². The minimum absolute atomic E-state index is 0.268. The van der Waals surface area contributed by atoms with Crippen molar-refractivity contribution >= 4 is 10.0 Å². The van der Waals surface area contributed by atoms with Gasteiger partial charge < -0.3 is 75.2 Å². The van der Waals surface area contributed by atoms with Crippen LogP contribution in [0.1, 0.15) is 347 Å². The van der Waals surface area contributed by atoms with E-state index in [0.29, 0.717) is 46.3 Å². The molecule has 26 aliphatic rings. The Labute approximate surface area is 897 Å². The third-order valence-corrected chi connectivity index (χ3v) is 41.8. The summed E-state index contributed by atoms with van der Waals surface area (Å²) in [6.07, 6.45) is 36.3. The number of piperidine rings is 5. The highest BCUT2D eigenvalue weighted by atomic mass is 32.2. The average Bonchev–Trinajstić information content (AvgIpc) is 1.65. The molecule has 3 aliphatic carbocycles. The molecule has 26 rings (SSSR count). The Bertz CT molecular complexity index is 3620. The Kier molecular flexibility index (Phi) is 47.7. The van der Waals surface area contributed by atoms with E-state index >= 15 is 0 Å². The minimum atomic E-state index is -2.97. The Morgan fingerprint density at radius 2 is 0.753 bits per heavy atom. The van der Waals surface area contributed by atoms with Crippen molar-refractivity contribution in [3.63, 3.8) is 0 Å². The van der Waals surface area contributed by atoms with E-state index in [1.165, 1.54) is 305 Å². The fourth-order valence-corrected chi connectivity index (χ4v) is 30.2. The van der Waals surface area contributed by atoms with Gasteiger partial charge in [0, 0.05) is 307 Å². The van der Waals surface area contributed by atoms with E-state index < -0.39 is 10.0 Å². The second-order valence-corrected chi connectivity index (χ2v) is 57.1. The number of rotatable bonds is 14. The Hall–Kier alpha value is -1.01. The van der Waals surface area contributed by atoms with E-state index in [-0.39, 0.29) is 5.25 Å². The fraction of sp³-hybridized carbons (Fsp3) is 1.00. The molecule has 23 heterocycles. The molecule has 5 spiro atoms. The van der Waals surface area contributed by atoms with Crippen LogP contribution in [0.3, 0.4) is 0 Å². The molecule has 146 heavy (non-hydrogen) atoms. The summed E-state index contributed by atoms with van der Waals surface area (Å²) >= 11 is 0. The van der Waals surface area contributed by atoms with Crippen LogP contribution in [-0.2, 0) is 33.7 Å². The number of morpholine rings is 2. The van der Waals surface area contributed by atoms with E-state index in [2.05, 4.69) is 257 Å². The zero-order chi connectivity index (χ0) is 105. The van der Waals surface area contributed by atoms with Crippen molar-refractivity contribution in [1.29, 1.82) is 0 Å². The Morgan fingerprint density at radius 1 is 0.315 bits per heavy atom. The summed E-state index contributed by atoms with van der Waals surface area (Å²) in [4.78, 5) is 31.2. The molecule has 26 nitrogen and oxygen atoms in total. The van der Waals surface area contributed by atoms with Gasteiger partial charge in [-0.25, -0.2) is 12.7 Å². The maximum atomic E-state index is 11.6. The molecule has 14 atom stereocenters. The van der Waals surface area contributed by atoms with Gasteiger partial charge in [0.05, 0.1) is 56.1 Å². The highest BCUT2D eigenvalue weighted by molar-refractivity contribution is 7.89. The van der Waals surface area contributed by atoms with Gasteiger partial charge in [0.1, 0.15) is 0 Å². The lowest BCUT2D eigenvalue weighted by Gasteiger charge is -2.49. The first-order chi connectivity index (χ1) is 69.5. The predicted molar refractivity (Wildman–Crippen MR) is 609 cm³/mol. The van der Waals surface area contributed by atoms with Crippen LogP contribution in [0.4, 0.5) is 0 Å². The number of likely N-dealkylation sites (tertiary alicyclic amines) is 8. The lowest BCUT2D eigenvalue weighted by atomic mass is 9.72. The molecule has 27 heteroatoms. The first kappa shape index (κ1) is 122. The normalized spacial score (nSPS) is 33.6. The van der Waals surface area contributed by atoms with Crippen molar-refractivity contribution in [3.8, 4) is 0 Å². The summed E-state index contributed by atoms with van der Waals surface area (Å²) in [5, 5.41) is 20.8. The fourth-order valence-electron chi connectivity index (χ4n) is 28.8. The zero-order valence-corrected chi connectivity index (χ0v) is 100. The molecule has 0 aromatic carbocycles. The van der Waals surface area contributed by atoms with Gasteiger partial charge >= 0.3 is 0 Å². The van der Waals surface area contributed by atoms with Gasteiger partial charge in [-0.1, -0.05) is 19.3 Å². The van der Waals surface area contributed by atoms with E-state index in [1.807, 2.05) is 0 Å². The van der Waals surface area contributed by atoms with Crippen LogP contribution in [0.2, 0.25) is 0 Å². The molecule has 6 N–H and O–H groups in total. The summed E-state index contributed by atoms with van der Waals surface area (Å²) in [6, 6.07) is 16.3. The molecule has 12 bridgehead atoms. The van der Waals surface area contributed by atoms with Gasteiger partial charge in [-0.2, -0.15) is 0 Å². The van der Waals surface area contributed by atoms with Crippen molar-refractivity contribution in [2.75, 3.05) is 230 Å². The number of hydrogen-bond acceptors (Lipinski definition) is 25. The van der Waals surface area contributed by atoms with Crippen LogP contribution in [0.5, 0.6) is 0 Å². The first-order valence-corrected chi connectivity index (χ1v) is 63.4. The number of sulfonamides is 1. The largest absolute Gasteiger partial charge is 0.381 e. The molecular weight excluding hydrogens is 1840 g/mol. The van der Waals surface area contributed by atoms with Crippen LogP contribution in [0, 0.1) is 34.0 Å². The number of ether oxygens (including phenoxy) is 5. The lowest BCUT2D eigenvalue weighted by molar-refractivity contribution is -0.141. The molecule has 3 saturated carbocycles. The lowest BCUT2D eigenvalue weighted by Crippen LogP contribution is -2.67. The van der Waals surface area contributed by atoms with Crippen LogP contribution < -0.4 is 31.9 Å². The molecule has 0 amide bonds.